The first-order valence-electron chi connectivity index (χ1n) is 8.99. The van der Waals surface area contributed by atoms with Gasteiger partial charge in [-0.2, -0.15) is 4.68 Å². The second kappa shape index (κ2) is 7.62. The van der Waals surface area contributed by atoms with Gasteiger partial charge in [-0.1, -0.05) is 30.1 Å². The molecule has 156 valence electrons. The Kier molecular flexibility index (Phi) is 5.12. The van der Waals surface area contributed by atoms with Gasteiger partial charge in [0.15, 0.2) is 5.75 Å². The summed E-state index contributed by atoms with van der Waals surface area (Å²) in [5.74, 6) is 0.551. The maximum absolute atomic E-state index is 12.1. The summed E-state index contributed by atoms with van der Waals surface area (Å²) in [6, 6.07) is 4.31. The molecule has 4 N–H and O–H groups in total. The lowest BCUT2D eigenvalue weighted by Gasteiger charge is -2.32. The highest BCUT2D eigenvalue weighted by atomic mass is 35.5. The van der Waals surface area contributed by atoms with Crippen LogP contribution >= 0.6 is 23.2 Å². The predicted molar refractivity (Wildman–Crippen MR) is 111 cm³/mol. The van der Waals surface area contributed by atoms with E-state index < -0.39 is 17.1 Å². The molecule has 30 heavy (non-hydrogen) atoms. The maximum atomic E-state index is 12.1. The van der Waals surface area contributed by atoms with Crippen LogP contribution in [0.3, 0.4) is 0 Å². The van der Waals surface area contributed by atoms with Gasteiger partial charge in [-0.15, -0.1) is 10.2 Å². The molecule has 3 aromatic rings. The number of nitrogens with one attached hydrogen (secondary N) is 2. The van der Waals surface area contributed by atoms with Crippen molar-refractivity contribution >= 4 is 29.0 Å². The Balaban J connectivity index is 1.68. The largest absolute Gasteiger partial charge is 0.434 e. The molecule has 0 radical (unpaired) electrons. The Bertz CT molecular complexity index is 1290. The van der Waals surface area contributed by atoms with Crippen LogP contribution in [-0.2, 0) is 0 Å². The molecule has 10 nitrogen and oxygen atoms in total. The summed E-state index contributed by atoms with van der Waals surface area (Å²) in [6.45, 7) is 2.13. The summed E-state index contributed by atoms with van der Waals surface area (Å²) < 4.78 is 6.56. The normalized spacial score (nSPS) is 18.1. The number of anilines is 1. The molecule has 4 rings (SSSR count). The third kappa shape index (κ3) is 3.71. The average molecular weight is 451 g/mol. The van der Waals surface area contributed by atoms with Gasteiger partial charge < -0.3 is 10.5 Å². The number of rotatable bonds is 4. The van der Waals surface area contributed by atoms with Crippen LogP contribution in [0.5, 0.6) is 11.6 Å². The fourth-order valence-electron chi connectivity index (χ4n) is 3.37. The van der Waals surface area contributed by atoms with E-state index in [0.717, 1.165) is 17.5 Å². The van der Waals surface area contributed by atoms with Crippen LogP contribution in [0.15, 0.2) is 32.6 Å². The highest BCUT2D eigenvalue weighted by Crippen LogP contribution is 2.41. The molecule has 1 aromatic carbocycles. The molecule has 2 aromatic heterocycles. The minimum Gasteiger partial charge on any atom is -0.434 e. The van der Waals surface area contributed by atoms with Crippen LogP contribution in [0.4, 0.5) is 5.82 Å². The van der Waals surface area contributed by atoms with Gasteiger partial charge in [0.1, 0.15) is 0 Å². The van der Waals surface area contributed by atoms with Gasteiger partial charge in [0.2, 0.25) is 11.7 Å². The van der Waals surface area contributed by atoms with E-state index in [1.165, 1.54) is 12.1 Å². The standard InChI is InChI=1S/C18H16Cl2N6O4/c1-7-2-8(3-7)10-6-13(23-24-16(10)27)30-14-11(19)4-9(5-12(14)20)26-18(29)22-17(28)15(21)25-26/h4-8H,2-3H2,1H3,(H2,21,25)(H,24,27)(H,22,28,29). The molecule has 0 bridgehead atoms. The first-order chi connectivity index (χ1) is 14.2. The molecule has 12 heteroatoms. The second-order valence-electron chi connectivity index (χ2n) is 7.16. The highest BCUT2D eigenvalue weighted by Gasteiger charge is 2.29. The molecular formula is C18H16Cl2N6O4. The quantitative estimate of drug-likeness (QED) is 0.551. The third-order valence-corrected chi connectivity index (χ3v) is 5.47. The number of aromatic amines is 2. The van der Waals surface area contributed by atoms with Crippen molar-refractivity contribution in [2.75, 3.05) is 5.73 Å². The Morgan fingerprint density at radius 3 is 2.43 bits per heavy atom. The topological polar surface area (TPSA) is 149 Å². The minimum absolute atomic E-state index is 0.0581. The Hall–Kier alpha value is -3.11. The van der Waals surface area contributed by atoms with Crippen LogP contribution in [0, 0.1) is 5.92 Å². The Morgan fingerprint density at radius 2 is 1.80 bits per heavy atom. The monoisotopic (exact) mass is 450 g/mol. The summed E-state index contributed by atoms with van der Waals surface area (Å²) in [7, 11) is 0. The fourth-order valence-corrected chi connectivity index (χ4v) is 3.92. The van der Waals surface area contributed by atoms with Crippen molar-refractivity contribution in [3.05, 3.63) is 65.0 Å². The molecule has 0 aliphatic heterocycles. The van der Waals surface area contributed by atoms with Gasteiger partial charge in [-0.25, -0.2) is 9.89 Å². The maximum Gasteiger partial charge on any atom is 0.349 e. The number of halogens is 2. The molecule has 0 spiro atoms. The van der Waals surface area contributed by atoms with Crippen molar-refractivity contribution in [2.45, 2.75) is 25.7 Å². The molecule has 0 saturated heterocycles. The zero-order valence-electron chi connectivity index (χ0n) is 15.6. The van der Waals surface area contributed by atoms with Crippen molar-refractivity contribution < 1.29 is 4.74 Å². The number of hydrogen-bond donors (Lipinski definition) is 3. The van der Waals surface area contributed by atoms with Crippen molar-refractivity contribution in [2.24, 2.45) is 5.92 Å². The lowest BCUT2D eigenvalue weighted by atomic mass is 9.73. The molecule has 1 aliphatic rings. The summed E-state index contributed by atoms with van der Waals surface area (Å²) in [5.41, 5.74) is 4.37. The van der Waals surface area contributed by atoms with Gasteiger partial charge in [0.25, 0.3) is 11.1 Å². The molecule has 0 unspecified atom stereocenters. The molecular weight excluding hydrogens is 435 g/mol. The SMILES string of the molecule is CC1CC(c2cc(Oc3c(Cl)cc(-n4nc(N)c(=O)[nH]c4=O)cc3Cl)n[nH]c2=O)C1. The van der Waals surface area contributed by atoms with Crippen LogP contribution < -0.4 is 27.3 Å². The number of aromatic nitrogens is 5. The van der Waals surface area contributed by atoms with Crippen LogP contribution in [-0.4, -0.2) is 25.0 Å². The lowest BCUT2D eigenvalue weighted by Crippen LogP contribution is -2.33. The van der Waals surface area contributed by atoms with E-state index in [4.69, 9.17) is 33.7 Å². The van der Waals surface area contributed by atoms with Gasteiger partial charge >= 0.3 is 5.69 Å². The van der Waals surface area contributed by atoms with Crippen molar-refractivity contribution in [1.82, 2.24) is 25.0 Å². The van der Waals surface area contributed by atoms with Gasteiger partial charge in [0.05, 0.1) is 15.7 Å². The highest BCUT2D eigenvalue weighted by molar-refractivity contribution is 6.37. The Morgan fingerprint density at radius 1 is 1.13 bits per heavy atom. The zero-order valence-corrected chi connectivity index (χ0v) is 17.1. The molecule has 2 heterocycles. The molecule has 1 saturated carbocycles. The third-order valence-electron chi connectivity index (χ3n) is 4.91. The average Bonchev–Trinajstić information content (AvgIpc) is 2.66. The molecule has 1 fully saturated rings. The summed E-state index contributed by atoms with van der Waals surface area (Å²) in [6.07, 6.45) is 1.85. The van der Waals surface area contributed by atoms with Crippen molar-refractivity contribution in [3.63, 3.8) is 0 Å². The first-order valence-corrected chi connectivity index (χ1v) is 9.74. The van der Waals surface area contributed by atoms with Crippen LogP contribution in [0.1, 0.15) is 31.2 Å². The fraction of sp³-hybridized carbons (Fsp3) is 0.278. The van der Waals surface area contributed by atoms with E-state index in [1.807, 2.05) is 4.98 Å². The van der Waals surface area contributed by atoms with E-state index in [9.17, 15) is 14.4 Å². The van der Waals surface area contributed by atoms with Crippen LogP contribution in [0.25, 0.3) is 5.69 Å². The number of H-pyrrole nitrogens is 2. The summed E-state index contributed by atoms with van der Waals surface area (Å²) in [5, 5.41) is 10.2. The van der Waals surface area contributed by atoms with E-state index >= 15 is 0 Å². The van der Waals surface area contributed by atoms with Gasteiger partial charge in [-0.05, 0) is 36.8 Å². The predicted octanol–water partition coefficient (Wildman–Crippen LogP) is 2.20. The van der Waals surface area contributed by atoms with Crippen molar-refractivity contribution in [1.29, 1.82) is 0 Å². The number of ether oxygens (including phenoxy) is 1. The molecule has 0 amide bonds. The van der Waals surface area contributed by atoms with Gasteiger partial charge in [0, 0.05) is 11.6 Å². The number of nitrogens with two attached hydrogens (primary N) is 1. The molecule has 1 aliphatic carbocycles. The number of nitrogen functional groups attached to an aromatic ring is 1. The Labute approximate surface area is 178 Å². The number of nitrogens with zero attached hydrogens (tertiary/aromatic N) is 3. The van der Waals surface area contributed by atoms with E-state index in [-0.39, 0.29) is 38.8 Å². The van der Waals surface area contributed by atoms with E-state index in [0.29, 0.717) is 11.5 Å². The van der Waals surface area contributed by atoms with Crippen molar-refractivity contribution in [3.8, 4) is 17.3 Å². The zero-order chi connectivity index (χ0) is 21.6. The number of hydrogen-bond acceptors (Lipinski definition) is 7. The minimum atomic E-state index is -0.809. The second-order valence-corrected chi connectivity index (χ2v) is 7.98. The van der Waals surface area contributed by atoms with E-state index in [2.05, 4.69) is 22.2 Å². The lowest BCUT2D eigenvalue weighted by molar-refractivity contribution is 0.285. The summed E-state index contributed by atoms with van der Waals surface area (Å²) in [4.78, 5) is 37.5. The molecule has 0 atom stereocenters. The van der Waals surface area contributed by atoms with Gasteiger partial charge in [-0.3, -0.25) is 14.6 Å². The summed E-state index contributed by atoms with van der Waals surface area (Å²) >= 11 is 12.6. The smallest absolute Gasteiger partial charge is 0.349 e. The first kappa shape index (κ1) is 20.2. The number of benzene rings is 1. The van der Waals surface area contributed by atoms with Crippen LogP contribution in [0.2, 0.25) is 10.0 Å². The van der Waals surface area contributed by atoms with E-state index in [1.54, 1.807) is 6.07 Å².